The normalized spacial score (nSPS) is 24.9. The zero-order chi connectivity index (χ0) is 14.0. The van der Waals surface area contributed by atoms with Crippen LogP contribution in [0, 0.1) is 5.41 Å². The summed E-state index contributed by atoms with van der Waals surface area (Å²) in [6, 6.07) is 0.0497. The molecule has 2 rings (SSSR count). The van der Waals surface area contributed by atoms with E-state index in [1.54, 1.807) is 6.20 Å². The molecule has 6 heteroatoms. The lowest BCUT2D eigenvalue weighted by Gasteiger charge is -2.44. The average molecular weight is 282 g/mol. The van der Waals surface area contributed by atoms with E-state index < -0.39 is 0 Å². The van der Waals surface area contributed by atoms with Gasteiger partial charge in [-0.25, -0.2) is 4.98 Å². The van der Waals surface area contributed by atoms with Crippen LogP contribution in [-0.4, -0.2) is 41.0 Å². The number of hydrogen-bond donors (Lipinski definition) is 2. The Bertz CT molecular complexity index is 432. The molecule has 0 saturated carbocycles. The van der Waals surface area contributed by atoms with Crippen molar-refractivity contribution in [2.24, 2.45) is 11.1 Å². The van der Waals surface area contributed by atoms with Crippen molar-refractivity contribution in [1.82, 2.24) is 9.88 Å². The predicted molar refractivity (Wildman–Crippen MR) is 78.2 cm³/mol. The first-order chi connectivity index (χ1) is 8.90. The molecular weight excluding hydrogens is 260 g/mol. The summed E-state index contributed by atoms with van der Waals surface area (Å²) in [4.78, 5) is 18.5. The van der Waals surface area contributed by atoms with Gasteiger partial charge in [0.25, 0.3) is 0 Å². The van der Waals surface area contributed by atoms with Crippen LogP contribution in [0.15, 0.2) is 11.6 Å². The van der Waals surface area contributed by atoms with E-state index in [4.69, 9.17) is 5.73 Å². The number of carbonyl (C=O) groups is 1. The summed E-state index contributed by atoms with van der Waals surface area (Å²) >= 11 is 1.43. The number of rotatable bonds is 3. The Hall–Kier alpha value is -0.980. The van der Waals surface area contributed by atoms with Gasteiger partial charge < -0.3 is 11.1 Å². The van der Waals surface area contributed by atoms with Crippen molar-refractivity contribution in [3.8, 4) is 0 Å². The first kappa shape index (κ1) is 14.4. The lowest BCUT2D eigenvalue weighted by molar-refractivity contribution is -0.122. The number of thiazole rings is 1. The second kappa shape index (κ2) is 5.56. The molecule has 2 heterocycles. The van der Waals surface area contributed by atoms with Gasteiger partial charge in [0.1, 0.15) is 0 Å². The van der Waals surface area contributed by atoms with Gasteiger partial charge in [0.15, 0.2) is 5.13 Å². The second-order valence-electron chi connectivity index (χ2n) is 5.86. The van der Waals surface area contributed by atoms with Gasteiger partial charge >= 0.3 is 0 Å². The second-order valence-corrected chi connectivity index (χ2v) is 6.75. The number of anilines is 1. The predicted octanol–water partition coefficient (Wildman–Crippen LogP) is 1.53. The van der Waals surface area contributed by atoms with Gasteiger partial charge in [-0.05, 0) is 18.8 Å². The van der Waals surface area contributed by atoms with E-state index in [9.17, 15) is 4.79 Å². The fourth-order valence-electron chi connectivity index (χ4n) is 2.41. The van der Waals surface area contributed by atoms with Crippen molar-refractivity contribution >= 4 is 22.4 Å². The van der Waals surface area contributed by atoms with Gasteiger partial charge in [-0.2, -0.15) is 0 Å². The highest BCUT2D eigenvalue weighted by Crippen LogP contribution is 2.29. The Balaban J connectivity index is 1.96. The SMILES string of the molecule is CC(C(=O)Nc1nccs1)N1CCC(N)C(C)(C)C1. The van der Waals surface area contributed by atoms with Gasteiger partial charge in [0, 0.05) is 30.7 Å². The number of amides is 1. The molecule has 0 spiro atoms. The van der Waals surface area contributed by atoms with Crippen LogP contribution in [0.5, 0.6) is 0 Å². The smallest absolute Gasteiger partial charge is 0.243 e. The number of hydrogen-bond acceptors (Lipinski definition) is 5. The van der Waals surface area contributed by atoms with Gasteiger partial charge in [-0.1, -0.05) is 13.8 Å². The van der Waals surface area contributed by atoms with Crippen LogP contribution >= 0.6 is 11.3 Å². The molecule has 0 bridgehead atoms. The van der Waals surface area contributed by atoms with Crippen molar-refractivity contribution in [2.75, 3.05) is 18.4 Å². The molecule has 2 unspecified atom stereocenters. The summed E-state index contributed by atoms with van der Waals surface area (Å²) in [7, 11) is 0. The minimum absolute atomic E-state index is 0.00113. The van der Waals surface area contributed by atoms with Crippen LogP contribution in [0.2, 0.25) is 0 Å². The van der Waals surface area contributed by atoms with Gasteiger partial charge in [-0.15, -0.1) is 11.3 Å². The third kappa shape index (κ3) is 3.32. The largest absolute Gasteiger partial charge is 0.327 e. The van der Waals surface area contributed by atoms with E-state index in [1.165, 1.54) is 11.3 Å². The number of likely N-dealkylation sites (tertiary alicyclic amines) is 1. The lowest BCUT2D eigenvalue weighted by Crippen LogP contribution is -2.56. The highest BCUT2D eigenvalue weighted by molar-refractivity contribution is 7.13. The third-order valence-corrected chi connectivity index (χ3v) is 4.62. The van der Waals surface area contributed by atoms with Crippen molar-refractivity contribution in [3.05, 3.63) is 11.6 Å². The molecule has 1 aliphatic heterocycles. The molecule has 0 radical (unpaired) electrons. The number of nitrogens with zero attached hydrogens (tertiary/aromatic N) is 2. The summed E-state index contributed by atoms with van der Waals surface area (Å²) in [5.74, 6) is 0.00113. The van der Waals surface area contributed by atoms with Gasteiger partial charge in [0.05, 0.1) is 6.04 Å². The number of nitrogens with one attached hydrogen (secondary N) is 1. The summed E-state index contributed by atoms with van der Waals surface area (Å²) in [6.07, 6.45) is 2.62. The van der Waals surface area contributed by atoms with E-state index in [1.807, 2.05) is 12.3 Å². The highest BCUT2D eigenvalue weighted by atomic mass is 32.1. The van der Waals surface area contributed by atoms with E-state index in [2.05, 4.69) is 29.0 Å². The number of carbonyl (C=O) groups excluding carboxylic acids is 1. The van der Waals surface area contributed by atoms with Crippen LogP contribution in [0.4, 0.5) is 5.13 Å². The van der Waals surface area contributed by atoms with Gasteiger partial charge in [-0.3, -0.25) is 9.69 Å². The maximum Gasteiger partial charge on any atom is 0.243 e. The van der Waals surface area contributed by atoms with E-state index in [-0.39, 0.29) is 23.4 Å². The van der Waals surface area contributed by atoms with E-state index in [0.717, 1.165) is 19.5 Å². The minimum atomic E-state index is -0.157. The quantitative estimate of drug-likeness (QED) is 0.882. The zero-order valence-electron chi connectivity index (χ0n) is 11.7. The topological polar surface area (TPSA) is 71.2 Å². The molecule has 1 aliphatic rings. The third-order valence-electron chi connectivity index (χ3n) is 3.93. The molecule has 1 fully saturated rings. The van der Waals surface area contributed by atoms with E-state index >= 15 is 0 Å². The van der Waals surface area contributed by atoms with Crippen LogP contribution in [0.25, 0.3) is 0 Å². The summed E-state index contributed by atoms with van der Waals surface area (Å²) in [6.45, 7) is 7.98. The van der Waals surface area contributed by atoms with Crippen LogP contribution in [-0.2, 0) is 4.79 Å². The Morgan fingerprint density at radius 3 is 3.00 bits per heavy atom. The van der Waals surface area contributed by atoms with Crippen molar-refractivity contribution in [3.63, 3.8) is 0 Å². The monoisotopic (exact) mass is 282 g/mol. The number of nitrogens with two attached hydrogens (primary N) is 1. The highest BCUT2D eigenvalue weighted by Gasteiger charge is 2.36. The molecule has 3 N–H and O–H groups in total. The molecule has 2 atom stereocenters. The zero-order valence-corrected chi connectivity index (χ0v) is 12.5. The number of aromatic nitrogens is 1. The summed E-state index contributed by atoms with van der Waals surface area (Å²) < 4.78 is 0. The lowest BCUT2D eigenvalue weighted by atomic mass is 9.79. The first-order valence-electron chi connectivity index (χ1n) is 6.60. The maximum atomic E-state index is 12.2. The molecule has 1 saturated heterocycles. The Morgan fingerprint density at radius 1 is 1.68 bits per heavy atom. The van der Waals surface area contributed by atoms with Gasteiger partial charge in [0.2, 0.25) is 5.91 Å². The summed E-state index contributed by atoms with van der Waals surface area (Å²) in [5, 5.41) is 5.36. The average Bonchev–Trinajstić information content (AvgIpc) is 2.84. The molecule has 5 nitrogen and oxygen atoms in total. The molecule has 1 aromatic rings. The molecule has 19 heavy (non-hydrogen) atoms. The Labute approximate surface area is 118 Å². The molecule has 1 aromatic heterocycles. The molecule has 106 valence electrons. The Morgan fingerprint density at radius 2 is 2.42 bits per heavy atom. The van der Waals surface area contributed by atoms with Crippen molar-refractivity contribution in [1.29, 1.82) is 0 Å². The number of piperidine rings is 1. The standard InChI is InChI=1S/C13H22N4OS/c1-9(11(18)16-12-15-5-7-19-12)17-6-4-10(14)13(2,3)8-17/h5,7,9-10H,4,6,8,14H2,1-3H3,(H,15,16,18). The first-order valence-corrected chi connectivity index (χ1v) is 7.48. The van der Waals surface area contributed by atoms with Crippen molar-refractivity contribution < 1.29 is 4.79 Å². The maximum absolute atomic E-state index is 12.2. The van der Waals surface area contributed by atoms with Crippen LogP contribution in [0.1, 0.15) is 27.2 Å². The van der Waals surface area contributed by atoms with Crippen molar-refractivity contribution in [2.45, 2.75) is 39.3 Å². The molecule has 0 aromatic carbocycles. The molecule has 1 amide bonds. The summed E-state index contributed by atoms with van der Waals surface area (Å²) in [5.41, 5.74) is 6.17. The fourth-order valence-corrected chi connectivity index (χ4v) is 2.94. The van der Waals surface area contributed by atoms with Crippen LogP contribution < -0.4 is 11.1 Å². The fraction of sp³-hybridized carbons (Fsp3) is 0.692. The Kier molecular flexibility index (Phi) is 4.23. The molecular formula is C13H22N4OS. The van der Waals surface area contributed by atoms with Crippen LogP contribution in [0.3, 0.4) is 0 Å². The molecule has 0 aliphatic carbocycles. The van der Waals surface area contributed by atoms with E-state index in [0.29, 0.717) is 5.13 Å². The minimum Gasteiger partial charge on any atom is -0.327 e.